The third-order valence-electron chi connectivity index (χ3n) is 5.61. The zero-order valence-electron chi connectivity index (χ0n) is 19.2. The molecule has 2 N–H and O–H groups in total. The average molecular weight is 557 g/mol. The summed E-state index contributed by atoms with van der Waals surface area (Å²) in [4.78, 5) is 19.1. The monoisotopic (exact) mass is 557 g/mol. The molecule has 2 fully saturated rings. The molecular formula is C23H33FIN5O2. The summed E-state index contributed by atoms with van der Waals surface area (Å²) in [6, 6.07) is 6.85. The van der Waals surface area contributed by atoms with E-state index in [1.165, 1.54) is 6.07 Å². The second kappa shape index (κ2) is 11.2. The topological polar surface area (TPSA) is 89.8 Å². The Labute approximate surface area is 206 Å². The molecule has 1 aromatic carbocycles. The number of ether oxygens (including phenoxy) is 1. The van der Waals surface area contributed by atoms with E-state index in [1.807, 2.05) is 38.7 Å². The lowest BCUT2D eigenvalue weighted by Crippen LogP contribution is -2.55. The summed E-state index contributed by atoms with van der Waals surface area (Å²) in [7, 11) is 0. The molecule has 0 aromatic heterocycles. The van der Waals surface area contributed by atoms with Gasteiger partial charge < -0.3 is 20.3 Å². The fourth-order valence-electron chi connectivity index (χ4n) is 4.33. The number of guanidine groups is 1. The fraction of sp³-hybridized carbons (Fsp3) is 0.609. The Morgan fingerprint density at radius 1 is 1.31 bits per heavy atom. The molecule has 0 saturated carbocycles. The summed E-state index contributed by atoms with van der Waals surface area (Å²) in [6.07, 6.45) is 3.38. The van der Waals surface area contributed by atoms with Crippen molar-refractivity contribution in [2.24, 2.45) is 4.99 Å². The van der Waals surface area contributed by atoms with Gasteiger partial charge in [-0.25, -0.2) is 14.2 Å². The van der Waals surface area contributed by atoms with Crippen LogP contribution in [-0.2, 0) is 11.3 Å². The van der Waals surface area contributed by atoms with Crippen LogP contribution in [0.15, 0.2) is 23.2 Å². The molecule has 2 unspecified atom stereocenters. The number of halogens is 2. The van der Waals surface area contributed by atoms with E-state index >= 15 is 0 Å². The number of rotatable bonds is 4. The van der Waals surface area contributed by atoms with E-state index in [0.717, 1.165) is 25.7 Å². The van der Waals surface area contributed by atoms with Gasteiger partial charge in [-0.1, -0.05) is 6.07 Å². The van der Waals surface area contributed by atoms with Gasteiger partial charge in [-0.05, 0) is 65.5 Å². The first-order chi connectivity index (χ1) is 14.7. The molecule has 2 heterocycles. The van der Waals surface area contributed by atoms with E-state index in [9.17, 15) is 9.18 Å². The van der Waals surface area contributed by atoms with Crippen LogP contribution in [0.1, 0.15) is 64.5 Å². The summed E-state index contributed by atoms with van der Waals surface area (Å²) < 4.78 is 19.8. The van der Waals surface area contributed by atoms with Gasteiger partial charge in [0.25, 0.3) is 0 Å². The van der Waals surface area contributed by atoms with Crippen molar-refractivity contribution in [1.29, 1.82) is 5.26 Å². The van der Waals surface area contributed by atoms with Crippen molar-refractivity contribution < 1.29 is 13.9 Å². The van der Waals surface area contributed by atoms with Crippen molar-refractivity contribution in [3.8, 4) is 6.07 Å². The number of hydrogen-bond acceptors (Lipinski definition) is 4. The zero-order chi connectivity index (χ0) is 22.6. The molecule has 7 nitrogen and oxygen atoms in total. The lowest BCUT2D eigenvalue weighted by Gasteiger charge is -2.40. The van der Waals surface area contributed by atoms with Gasteiger partial charge in [0.05, 0.1) is 18.2 Å². The molecule has 1 aromatic rings. The summed E-state index contributed by atoms with van der Waals surface area (Å²) in [5.74, 6) is 0.198. The van der Waals surface area contributed by atoms with E-state index in [2.05, 4.69) is 15.6 Å². The predicted octanol–water partition coefficient (Wildman–Crippen LogP) is 4.30. The average Bonchev–Trinajstić information content (AvgIpc) is 2.96. The zero-order valence-corrected chi connectivity index (χ0v) is 21.5. The minimum atomic E-state index is -0.503. The smallest absolute Gasteiger partial charge is 0.410 e. The Bertz CT molecular complexity index is 866. The van der Waals surface area contributed by atoms with Crippen LogP contribution in [0.4, 0.5) is 9.18 Å². The van der Waals surface area contributed by atoms with Gasteiger partial charge in [0.2, 0.25) is 0 Å². The van der Waals surface area contributed by atoms with Crippen LogP contribution in [0.5, 0.6) is 0 Å². The quantitative estimate of drug-likeness (QED) is 0.328. The molecule has 0 radical (unpaired) electrons. The molecule has 3 rings (SSSR count). The van der Waals surface area contributed by atoms with Crippen LogP contribution in [0.25, 0.3) is 0 Å². The first-order valence-electron chi connectivity index (χ1n) is 10.9. The Hall–Kier alpha value is -2.09. The van der Waals surface area contributed by atoms with Crippen LogP contribution < -0.4 is 10.6 Å². The lowest BCUT2D eigenvalue weighted by molar-refractivity contribution is 0.00545. The number of nitrogens with one attached hydrogen (secondary N) is 2. The number of aliphatic imine (C=N–C) groups is 1. The Balaban J connectivity index is 0.00000363. The van der Waals surface area contributed by atoms with Crippen molar-refractivity contribution in [2.75, 3.05) is 6.54 Å². The van der Waals surface area contributed by atoms with Crippen molar-refractivity contribution in [3.05, 3.63) is 35.1 Å². The highest BCUT2D eigenvalue weighted by molar-refractivity contribution is 14.0. The molecule has 2 aliphatic heterocycles. The number of fused-ring (bicyclic) bond motifs is 2. The molecule has 0 spiro atoms. The molecule has 0 aliphatic carbocycles. The van der Waals surface area contributed by atoms with E-state index < -0.39 is 11.4 Å². The Kier molecular flexibility index (Phi) is 9.13. The molecule has 2 atom stereocenters. The van der Waals surface area contributed by atoms with Crippen LogP contribution in [0.3, 0.4) is 0 Å². The molecule has 1 amide bonds. The van der Waals surface area contributed by atoms with Crippen LogP contribution in [0, 0.1) is 17.1 Å². The third kappa shape index (κ3) is 6.70. The van der Waals surface area contributed by atoms with Crippen molar-refractivity contribution >= 4 is 36.0 Å². The van der Waals surface area contributed by atoms with Gasteiger partial charge >= 0.3 is 6.09 Å². The number of amides is 1. The number of benzene rings is 1. The molecule has 2 bridgehead atoms. The Morgan fingerprint density at radius 3 is 2.50 bits per heavy atom. The van der Waals surface area contributed by atoms with Crippen LogP contribution in [-0.4, -0.2) is 47.2 Å². The standard InChI is InChI=1S/C23H32FN5O2.HI/c1-5-26-21(27-14-16-7-6-15(13-25)10-20(16)24)28-17-11-18-8-9-19(12-17)29(18)22(30)31-23(2,3)4;/h6-7,10,17-19H,5,8-9,11-12,14H2,1-4H3,(H2,26,27,28);1H. The van der Waals surface area contributed by atoms with E-state index in [0.29, 0.717) is 23.6 Å². The number of piperidine rings is 1. The maximum absolute atomic E-state index is 14.2. The van der Waals surface area contributed by atoms with E-state index in [4.69, 9.17) is 10.00 Å². The SMILES string of the molecule is CCNC(=NCc1ccc(C#N)cc1F)NC1CC2CCC(C1)N2C(=O)OC(C)(C)C.I. The summed E-state index contributed by atoms with van der Waals surface area (Å²) >= 11 is 0. The lowest BCUT2D eigenvalue weighted by atomic mass is 9.98. The highest BCUT2D eigenvalue weighted by atomic mass is 127. The third-order valence-corrected chi connectivity index (χ3v) is 5.61. The number of nitrogens with zero attached hydrogens (tertiary/aromatic N) is 3. The van der Waals surface area contributed by atoms with Crippen LogP contribution >= 0.6 is 24.0 Å². The number of carbonyl (C=O) groups is 1. The minimum absolute atomic E-state index is 0. The first-order valence-corrected chi connectivity index (χ1v) is 10.9. The molecule has 9 heteroatoms. The predicted molar refractivity (Wildman–Crippen MR) is 132 cm³/mol. The summed E-state index contributed by atoms with van der Waals surface area (Å²) in [6.45, 7) is 8.50. The summed E-state index contributed by atoms with van der Waals surface area (Å²) in [5.41, 5.74) is 0.232. The van der Waals surface area contributed by atoms with Gasteiger partial charge in [-0.2, -0.15) is 5.26 Å². The first kappa shape index (κ1) is 26.2. The van der Waals surface area contributed by atoms with Gasteiger partial charge in [-0.15, -0.1) is 24.0 Å². The maximum atomic E-state index is 14.2. The molecular weight excluding hydrogens is 524 g/mol. The van der Waals surface area contributed by atoms with Crippen molar-refractivity contribution in [1.82, 2.24) is 15.5 Å². The Morgan fingerprint density at radius 2 is 1.97 bits per heavy atom. The van der Waals surface area contributed by atoms with Crippen LogP contribution in [0.2, 0.25) is 0 Å². The van der Waals surface area contributed by atoms with E-state index in [-0.39, 0.29) is 54.7 Å². The normalized spacial score (nSPS) is 22.6. The second-order valence-corrected chi connectivity index (χ2v) is 9.20. The van der Waals surface area contributed by atoms with E-state index in [1.54, 1.807) is 12.1 Å². The molecule has 2 saturated heterocycles. The number of hydrogen-bond donors (Lipinski definition) is 2. The highest BCUT2D eigenvalue weighted by Gasteiger charge is 2.45. The second-order valence-electron chi connectivity index (χ2n) is 9.20. The molecule has 176 valence electrons. The molecule has 2 aliphatic rings. The van der Waals surface area contributed by atoms with Gasteiger partial charge in [0.15, 0.2) is 5.96 Å². The number of nitriles is 1. The van der Waals surface area contributed by atoms with Gasteiger partial charge in [0.1, 0.15) is 11.4 Å². The van der Waals surface area contributed by atoms with Gasteiger partial charge in [-0.3, -0.25) is 0 Å². The molecule has 32 heavy (non-hydrogen) atoms. The fourth-order valence-corrected chi connectivity index (χ4v) is 4.33. The number of carbonyl (C=O) groups excluding carboxylic acids is 1. The minimum Gasteiger partial charge on any atom is -0.444 e. The largest absolute Gasteiger partial charge is 0.444 e. The summed E-state index contributed by atoms with van der Waals surface area (Å²) in [5, 5.41) is 15.6. The highest BCUT2D eigenvalue weighted by Crippen LogP contribution is 2.36. The van der Waals surface area contributed by atoms with Crippen molar-refractivity contribution in [2.45, 2.75) is 83.6 Å². The maximum Gasteiger partial charge on any atom is 0.410 e. The van der Waals surface area contributed by atoms with Gasteiger partial charge in [0, 0.05) is 30.2 Å². The van der Waals surface area contributed by atoms with Crippen molar-refractivity contribution in [3.63, 3.8) is 0 Å².